The maximum absolute atomic E-state index is 2.52. The zero-order chi connectivity index (χ0) is 18.8. The highest BCUT2D eigenvalue weighted by molar-refractivity contribution is 5.44. The third-order valence-corrected chi connectivity index (χ3v) is 7.75. The van der Waals surface area contributed by atoms with Gasteiger partial charge in [-0.25, -0.2) is 0 Å². The Bertz CT molecular complexity index is 613. The SMILES string of the molecule is Cc1cc(CCCCC2(C)CC2)c(C)c(C)c1CCCCCC1(C)CC1. The number of aryl methyl sites for hydroxylation is 2. The van der Waals surface area contributed by atoms with Gasteiger partial charge in [-0.2, -0.15) is 0 Å². The first-order valence-electron chi connectivity index (χ1n) is 11.4. The van der Waals surface area contributed by atoms with Crippen molar-refractivity contribution in [3.05, 3.63) is 33.9 Å². The van der Waals surface area contributed by atoms with E-state index < -0.39 is 0 Å². The minimum absolute atomic E-state index is 0.724. The molecule has 0 saturated heterocycles. The van der Waals surface area contributed by atoms with E-state index in [9.17, 15) is 0 Å². The summed E-state index contributed by atoms with van der Waals surface area (Å²) in [5, 5.41) is 0. The summed E-state index contributed by atoms with van der Waals surface area (Å²) in [6.07, 6.45) is 18.4. The van der Waals surface area contributed by atoms with Crippen LogP contribution in [0.15, 0.2) is 6.07 Å². The predicted octanol–water partition coefficient (Wildman–Crippen LogP) is 8.03. The van der Waals surface area contributed by atoms with Crippen molar-refractivity contribution in [2.75, 3.05) is 0 Å². The first-order chi connectivity index (χ1) is 12.3. The van der Waals surface area contributed by atoms with E-state index in [4.69, 9.17) is 0 Å². The molecule has 146 valence electrons. The summed E-state index contributed by atoms with van der Waals surface area (Å²) < 4.78 is 0. The van der Waals surface area contributed by atoms with Gasteiger partial charge >= 0.3 is 0 Å². The summed E-state index contributed by atoms with van der Waals surface area (Å²) >= 11 is 0. The van der Waals surface area contributed by atoms with Crippen molar-refractivity contribution < 1.29 is 0 Å². The molecule has 0 heteroatoms. The van der Waals surface area contributed by atoms with Crippen LogP contribution in [0, 0.1) is 31.6 Å². The van der Waals surface area contributed by atoms with E-state index in [1.807, 2.05) is 0 Å². The van der Waals surface area contributed by atoms with E-state index >= 15 is 0 Å². The molecule has 0 amide bonds. The van der Waals surface area contributed by atoms with Crippen molar-refractivity contribution in [2.24, 2.45) is 10.8 Å². The van der Waals surface area contributed by atoms with Crippen LogP contribution in [0.5, 0.6) is 0 Å². The van der Waals surface area contributed by atoms with Crippen molar-refractivity contribution in [3.8, 4) is 0 Å². The Balaban J connectivity index is 1.46. The van der Waals surface area contributed by atoms with Crippen molar-refractivity contribution in [2.45, 2.75) is 118 Å². The number of rotatable bonds is 11. The molecule has 1 aromatic rings. The quantitative estimate of drug-likeness (QED) is 0.353. The topological polar surface area (TPSA) is 0 Å². The lowest BCUT2D eigenvalue weighted by Gasteiger charge is -2.17. The van der Waals surface area contributed by atoms with Crippen LogP contribution < -0.4 is 0 Å². The molecule has 2 fully saturated rings. The van der Waals surface area contributed by atoms with E-state index in [2.05, 4.69) is 40.7 Å². The van der Waals surface area contributed by atoms with Crippen LogP contribution in [-0.2, 0) is 12.8 Å². The molecule has 2 aliphatic rings. The van der Waals surface area contributed by atoms with Crippen LogP contribution in [0.3, 0.4) is 0 Å². The average Bonchev–Trinajstić information content (AvgIpc) is 3.51. The second kappa shape index (κ2) is 8.07. The van der Waals surface area contributed by atoms with Gasteiger partial charge in [-0.05, 0) is 124 Å². The lowest BCUT2D eigenvalue weighted by molar-refractivity contribution is 0.475. The van der Waals surface area contributed by atoms with Crippen molar-refractivity contribution in [3.63, 3.8) is 0 Å². The largest absolute Gasteiger partial charge is 0.0596 e. The Morgan fingerprint density at radius 3 is 1.81 bits per heavy atom. The Morgan fingerprint density at radius 1 is 0.692 bits per heavy atom. The first kappa shape index (κ1) is 20.0. The van der Waals surface area contributed by atoms with Crippen LogP contribution in [0.1, 0.15) is 112 Å². The van der Waals surface area contributed by atoms with Gasteiger partial charge in [-0.1, -0.05) is 39.2 Å². The van der Waals surface area contributed by atoms with Crippen LogP contribution in [0.2, 0.25) is 0 Å². The van der Waals surface area contributed by atoms with Crippen LogP contribution in [0.4, 0.5) is 0 Å². The molecule has 26 heavy (non-hydrogen) atoms. The zero-order valence-electron chi connectivity index (χ0n) is 18.3. The molecule has 0 bridgehead atoms. The van der Waals surface area contributed by atoms with Gasteiger partial charge in [0.25, 0.3) is 0 Å². The summed E-state index contributed by atoms with van der Waals surface area (Å²) in [7, 11) is 0. The Morgan fingerprint density at radius 2 is 1.23 bits per heavy atom. The normalized spacial score (nSPS) is 19.6. The minimum Gasteiger partial charge on any atom is -0.0596 e. The Labute approximate surface area is 163 Å². The zero-order valence-corrected chi connectivity index (χ0v) is 18.3. The first-order valence-corrected chi connectivity index (χ1v) is 11.4. The molecule has 0 N–H and O–H groups in total. The van der Waals surface area contributed by atoms with E-state index in [1.165, 1.54) is 83.5 Å². The predicted molar refractivity (Wildman–Crippen MR) is 115 cm³/mol. The molecule has 1 aromatic carbocycles. The van der Waals surface area contributed by atoms with Gasteiger partial charge in [0, 0.05) is 0 Å². The van der Waals surface area contributed by atoms with E-state index in [0.29, 0.717) is 0 Å². The summed E-state index contributed by atoms with van der Waals surface area (Å²) in [6, 6.07) is 2.52. The van der Waals surface area contributed by atoms with Gasteiger partial charge in [-0.15, -0.1) is 0 Å². The van der Waals surface area contributed by atoms with E-state index in [0.717, 1.165) is 10.8 Å². The minimum atomic E-state index is 0.724. The molecule has 0 radical (unpaired) electrons. The maximum atomic E-state index is 2.52. The van der Waals surface area contributed by atoms with E-state index in [1.54, 1.807) is 27.8 Å². The molecule has 0 aliphatic heterocycles. The third kappa shape index (κ3) is 5.37. The lowest BCUT2D eigenvalue weighted by atomic mass is 9.88. The highest BCUT2D eigenvalue weighted by atomic mass is 14.4. The van der Waals surface area contributed by atoms with Crippen LogP contribution in [-0.4, -0.2) is 0 Å². The van der Waals surface area contributed by atoms with Gasteiger partial charge in [0.1, 0.15) is 0 Å². The van der Waals surface area contributed by atoms with Gasteiger partial charge in [0.15, 0.2) is 0 Å². The number of unbranched alkanes of at least 4 members (excludes halogenated alkanes) is 3. The Kier molecular flexibility index (Phi) is 6.20. The van der Waals surface area contributed by atoms with Crippen LogP contribution >= 0.6 is 0 Å². The summed E-state index contributed by atoms with van der Waals surface area (Å²) in [5.41, 5.74) is 9.44. The molecule has 0 aromatic heterocycles. The second-order valence-corrected chi connectivity index (χ2v) is 10.5. The number of benzene rings is 1. The highest BCUT2D eigenvalue weighted by Gasteiger charge is 2.36. The number of hydrogen-bond donors (Lipinski definition) is 0. The third-order valence-electron chi connectivity index (χ3n) is 7.75. The van der Waals surface area contributed by atoms with Gasteiger partial charge in [0.05, 0.1) is 0 Å². The summed E-state index contributed by atoms with van der Waals surface area (Å²) in [5.74, 6) is 0. The second-order valence-electron chi connectivity index (χ2n) is 10.5. The molecule has 2 saturated carbocycles. The smallest absolute Gasteiger partial charge is 0.0274 e. The average molecular weight is 355 g/mol. The summed E-state index contributed by atoms with van der Waals surface area (Å²) in [6.45, 7) is 12.0. The molecular weight excluding hydrogens is 312 g/mol. The van der Waals surface area contributed by atoms with Gasteiger partial charge in [-0.3, -0.25) is 0 Å². The van der Waals surface area contributed by atoms with Crippen molar-refractivity contribution >= 4 is 0 Å². The molecule has 2 aliphatic carbocycles. The molecule has 0 heterocycles. The van der Waals surface area contributed by atoms with Crippen molar-refractivity contribution in [1.82, 2.24) is 0 Å². The fourth-order valence-corrected chi connectivity index (χ4v) is 4.69. The van der Waals surface area contributed by atoms with Crippen LogP contribution in [0.25, 0.3) is 0 Å². The highest BCUT2D eigenvalue weighted by Crippen LogP contribution is 2.49. The fourth-order valence-electron chi connectivity index (χ4n) is 4.69. The molecule has 0 nitrogen and oxygen atoms in total. The van der Waals surface area contributed by atoms with Gasteiger partial charge in [0.2, 0.25) is 0 Å². The molecular formula is C26H42. The van der Waals surface area contributed by atoms with Crippen molar-refractivity contribution in [1.29, 1.82) is 0 Å². The molecule has 0 spiro atoms. The molecule has 0 atom stereocenters. The molecule has 0 unspecified atom stereocenters. The molecule has 3 rings (SSSR count). The van der Waals surface area contributed by atoms with Gasteiger partial charge < -0.3 is 0 Å². The van der Waals surface area contributed by atoms with E-state index in [-0.39, 0.29) is 0 Å². The summed E-state index contributed by atoms with van der Waals surface area (Å²) in [4.78, 5) is 0. The Hall–Kier alpha value is -0.780. The maximum Gasteiger partial charge on any atom is -0.0274 e. The number of hydrogen-bond acceptors (Lipinski definition) is 0. The monoisotopic (exact) mass is 354 g/mol. The lowest BCUT2D eigenvalue weighted by Crippen LogP contribution is -2.03. The standard InChI is InChI=1S/C26H42/c1-20-19-23(11-8-10-14-26(5)17-18-26)21(2)22(3)24(20)12-7-6-9-13-25(4)15-16-25/h19H,6-18H2,1-5H3. The fraction of sp³-hybridized carbons (Fsp3) is 0.769.